The quantitative estimate of drug-likeness (QED) is 0.385. The summed E-state index contributed by atoms with van der Waals surface area (Å²) >= 11 is 18.2. The summed E-state index contributed by atoms with van der Waals surface area (Å²) in [5, 5.41) is 4.19. The van der Waals surface area contributed by atoms with Crippen molar-refractivity contribution in [1.82, 2.24) is 5.32 Å². The molecule has 4 nitrogen and oxygen atoms in total. The predicted octanol–water partition coefficient (Wildman–Crippen LogP) is 5.36. The van der Waals surface area contributed by atoms with Crippen molar-refractivity contribution in [3.63, 3.8) is 0 Å². The van der Waals surface area contributed by atoms with Gasteiger partial charge in [0.25, 0.3) is 12.3 Å². The summed E-state index contributed by atoms with van der Waals surface area (Å²) in [4.78, 5) is 24.0. The molecule has 12 heteroatoms. The highest BCUT2D eigenvalue weighted by atomic mass is 35.5. The van der Waals surface area contributed by atoms with E-state index in [-0.39, 0.29) is 16.3 Å². The Morgan fingerprint density at radius 2 is 1.69 bits per heavy atom. The van der Waals surface area contributed by atoms with Crippen LogP contribution >= 0.6 is 34.8 Å². The summed E-state index contributed by atoms with van der Waals surface area (Å²) in [5.74, 6) is -5.29. The number of anilines is 1. The fourth-order valence-corrected chi connectivity index (χ4v) is 4.19. The van der Waals surface area contributed by atoms with Gasteiger partial charge in [-0.15, -0.1) is 23.2 Å². The Morgan fingerprint density at radius 3 is 2.31 bits per heavy atom. The molecule has 2 aromatic rings. The van der Waals surface area contributed by atoms with E-state index in [1.807, 2.05) is 5.32 Å². The first-order chi connectivity index (χ1) is 14.9. The minimum absolute atomic E-state index is 0.0956. The van der Waals surface area contributed by atoms with Crippen LogP contribution in [0.5, 0.6) is 0 Å². The van der Waals surface area contributed by atoms with Crippen LogP contribution in [0.3, 0.4) is 0 Å². The van der Waals surface area contributed by atoms with E-state index >= 15 is 0 Å². The van der Waals surface area contributed by atoms with Crippen molar-refractivity contribution in [2.75, 3.05) is 5.32 Å². The second-order valence-electron chi connectivity index (χ2n) is 7.05. The highest BCUT2D eigenvalue weighted by Crippen LogP contribution is 2.65. The Hall–Kier alpha value is -2.10. The van der Waals surface area contributed by atoms with Crippen molar-refractivity contribution < 1.29 is 31.5 Å². The monoisotopic (exact) mass is 514 g/mol. The van der Waals surface area contributed by atoms with E-state index in [1.165, 1.54) is 18.2 Å². The number of rotatable bonds is 7. The lowest BCUT2D eigenvalue weighted by Crippen LogP contribution is -2.35. The molecule has 1 aliphatic rings. The maximum atomic E-state index is 14.0. The van der Waals surface area contributed by atoms with E-state index in [9.17, 15) is 31.5 Å². The highest BCUT2D eigenvalue weighted by Gasteiger charge is 2.67. The zero-order valence-corrected chi connectivity index (χ0v) is 18.1. The fourth-order valence-electron chi connectivity index (χ4n) is 3.18. The summed E-state index contributed by atoms with van der Waals surface area (Å²) in [6.45, 7) is -0.587. The van der Waals surface area contributed by atoms with E-state index in [0.717, 1.165) is 18.2 Å². The number of hydrogen-bond donors (Lipinski definition) is 2. The predicted molar refractivity (Wildman–Crippen MR) is 110 cm³/mol. The number of carbonyl (C=O) groups is 2. The molecule has 3 rings (SSSR count). The Balaban J connectivity index is 1.69. The molecule has 3 atom stereocenters. The van der Waals surface area contributed by atoms with Crippen LogP contribution in [0.25, 0.3) is 0 Å². The number of alkyl halides is 5. The smallest absolute Gasteiger partial charge is 0.278 e. The van der Waals surface area contributed by atoms with Crippen LogP contribution in [0.15, 0.2) is 36.4 Å². The third-order valence-electron chi connectivity index (χ3n) is 4.88. The molecule has 2 amide bonds. The maximum absolute atomic E-state index is 14.0. The van der Waals surface area contributed by atoms with Gasteiger partial charge in [0.05, 0.1) is 10.9 Å². The van der Waals surface area contributed by atoms with E-state index < -0.39 is 58.8 Å². The third kappa shape index (κ3) is 5.10. The summed E-state index contributed by atoms with van der Waals surface area (Å²) in [5.41, 5.74) is 0.361. The third-order valence-corrected chi connectivity index (χ3v) is 6.11. The molecule has 0 aromatic heterocycles. The molecule has 2 N–H and O–H groups in total. The van der Waals surface area contributed by atoms with Gasteiger partial charge in [0, 0.05) is 23.7 Å². The van der Waals surface area contributed by atoms with Crippen molar-refractivity contribution in [3.8, 4) is 0 Å². The van der Waals surface area contributed by atoms with Crippen molar-refractivity contribution in [1.29, 1.82) is 0 Å². The number of halogens is 8. The maximum Gasteiger partial charge on any atom is 0.278 e. The second kappa shape index (κ2) is 9.41. The van der Waals surface area contributed by atoms with Gasteiger partial charge in [-0.1, -0.05) is 17.7 Å². The minimum Gasteiger partial charge on any atom is -0.349 e. The van der Waals surface area contributed by atoms with Crippen LogP contribution in [0, 0.1) is 17.6 Å². The number of carbonyl (C=O) groups excluding carboxylic acids is 2. The Bertz CT molecular complexity index is 1050. The molecule has 1 saturated carbocycles. The van der Waals surface area contributed by atoms with Gasteiger partial charge in [-0.2, -0.15) is 0 Å². The molecule has 172 valence electrons. The molecular weight excluding hydrogens is 502 g/mol. The number of nitrogens with one attached hydrogen (secondary N) is 2. The topological polar surface area (TPSA) is 58.2 Å². The Labute approximate surface area is 194 Å². The molecule has 0 radical (unpaired) electrons. The first kappa shape index (κ1) is 24.5. The van der Waals surface area contributed by atoms with E-state index in [2.05, 4.69) is 5.32 Å². The molecule has 0 spiro atoms. The average molecular weight is 516 g/mol. The van der Waals surface area contributed by atoms with Crippen LogP contribution in [0.4, 0.5) is 27.6 Å². The van der Waals surface area contributed by atoms with Crippen LogP contribution in [-0.2, 0) is 16.1 Å². The van der Waals surface area contributed by atoms with E-state index in [4.69, 9.17) is 34.8 Å². The lowest BCUT2D eigenvalue weighted by atomic mass is 10.1. The lowest BCUT2D eigenvalue weighted by molar-refractivity contribution is -0.131. The number of benzene rings is 2. The molecule has 3 unspecified atom stereocenters. The molecule has 0 bridgehead atoms. The second-order valence-corrected chi connectivity index (χ2v) is 8.90. The van der Waals surface area contributed by atoms with Crippen LogP contribution in [-0.4, -0.2) is 28.7 Å². The van der Waals surface area contributed by atoms with Gasteiger partial charge in [-0.25, -0.2) is 22.0 Å². The van der Waals surface area contributed by atoms with Gasteiger partial charge in [-0.05, 0) is 35.9 Å². The van der Waals surface area contributed by atoms with Crippen molar-refractivity contribution in [2.45, 2.75) is 29.4 Å². The molecule has 32 heavy (non-hydrogen) atoms. The van der Waals surface area contributed by atoms with Gasteiger partial charge in [0.2, 0.25) is 12.1 Å². The zero-order valence-electron chi connectivity index (χ0n) is 15.8. The summed E-state index contributed by atoms with van der Waals surface area (Å²) in [6.07, 6.45) is -6.56. The molecule has 1 aliphatic carbocycles. The van der Waals surface area contributed by atoms with Crippen LogP contribution < -0.4 is 10.6 Å². The summed E-state index contributed by atoms with van der Waals surface area (Å²) in [7, 11) is 0. The number of hydrogen-bond acceptors (Lipinski definition) is 2. The van der Waals surface area contributed by atoms with Gasteiger partial charge in [-0.3, -0.25) is 9.59 Å². The van der Waals surface area contributed by atoms with E-state index in [1.54, 1.807) is 0 Å². The first-order valence-electron chi connectivity index (χ1n) is 9.05. The van der Waals surface area contributed by atoms with Crippen LogP contribution in [0.1, 0.15) is 17.0 Å². The largest absolute Gasteiger partial charge is 0.349 e. The van der Waals surface area contributed by atoms with Gasteiger partial charge < -0.3 is 10.6 Å². The molecular formula is C20H14Cl3F5N2O2. The van der Waals surface area contributed by atoms with Crippen molar-refractivity contribution >= 4 is 52.3 Å². The van der Waals surface area contributed by atoms with Crippen molar-refractivity contribution in [2.24, 2.45) is 5.92 Å². The van der Waals surface area contributed by atoms with E-state index in [0.29, 0.717) is 5.56 Å². The minimum atomic E-state index is -3.51. The SMILES string of the molecule is O=C(NCc1cc(NC(=O)C2C(c3ccc(F)c(Cl)c3)C2(Cl)Cl)ccc1F)C(F)C(F)F. The van der Waals surface area contributed by atoms with Crippen LogP contribution in [0.2, 0.25) is 5.02 Å². The van der Waals surface area contributed by atoms with Gasteiger partial charge in [0.15, 0.2) is 0 Å². The lowest BCUT2D eigenvalue weighted by Gasteiger charge is -2.11. The average Bonchev–Trinajstić information content (AvgIpc) is 3.31. The zero-order chi connectivity index (χ0) is 23.8. The summed E-state index contributed by atoms with van der Waals surface area (Å²) < 4.78 is 63.3. The molecule has 0 aliphatic heterocycles. The Kier molecular flexibility index (Phi) is 7.21. The number of amides is 2. The molecule has 0 heterocycles. The standard InChI is InChI=1S/C20H14Cl3F5N2O2/c21-11-6-8(1-3-13(11)25)14-15(20(14,22)23)18(31)30-10-2-4-12(24)9(5-10)7-29-19(32)16(26)17(27)28/h1-6,14-17H,7H2,(H,29,32)(H,30,31). The fraction of sp³-hybridized carbons (Fsp3) is 0.300. The highest BCUT2D eigenvalue weighted by molar-refractivity contribution is 6.53. The molecule has 2 aromatic carbocycles. The molecule has 1 fully saturated rings. The van der Waals surface area contributed by atoms with Gasteiger partial charge >= 0.3 is 0 Å². The van der Waals surface area contributed by atoms with Crippen molar-refractivity contribution in [3.05, 3.63) is 64.2 Å². The molecule has 0 saturated heterocycles. The normalized spacial score (nSPS) is 20.0. The van der Waals surface area contributed by atoms with Gasteiger partial charge in [0.1, 0.15) is 16.0 Å². The Morgan fingerprint density at radius 1 is 1.03 bits per heavy atom. The summed E-state index contributed by atoms with van der Waals surface area (Å²) in [6, 6.07) is 7.14. The first-order valence-corrected chi connectivity index (χ1v) is 10.2.